The summed E-state index contributed by atoms with van der Waals surface area (Å²) in [4.78, 5) is 67.9. The van der Waals surface area contributed by atoms with Crippen LogP contribution in [0.15, 0.2) is 48.5 Å². The van der Waals surface area contributed by atoms with Crippen molar-refractivity contribution in [2.45, 2.75) is 62.4 Å². The second kappa shape index (κ2) is 12.7. The number of benzene rings is 2. The Hall–Kier alpha value is -4.75. The first-order chi connectivity index (χ1) is 21.4. The first-order valence-electron chi connectivity index (χ1n) is 13.9. The lowest BCUT2D eigenvalue weighted by atomic mass is 9.96. The van der Waals surface area contributed by atoms with E-state index in [0.29, 0.717) is 11.9 Å². The van der Waals surface area contributed by atoms with Crippen LogP contribution >= 0.6 is 8.69 Å². The standard InChI is InChI=1S/C29H28F2N5O8P/c30-29(31,44-45-43)16-5-6-18-15(11-16)13-20(33-18)25(38)35-21-12-14-3-1-2-4-17(14)22-8-9-23(36(22)27(21)40)26(39)34-19(28(41)42)7-10-24(32)37/h1-6,11,13,19,21-23,33H,7-10,12H2,(H2,32,37)(H,34,39)(H,35,38)(H,41,42)/t19-,21-,22+,23-/m0/s1. The van der Waals surface area contributed by atoms with Crippen LogP contribution in [0.3, 0.4) is 0 Å². The first kappa shape index (κ1) is 31.7. The molecule has 0 aliphatic carbocycles. The second-order valence-corrected chi connectivity index (χ2v) is 11.2. The lowest BCUT2D eigenvalue weighted by Gasteiger charge is -2.31. The number of aliphatic carboxylic acids is 1. The molecule has 5 rings (SSSR count). The summed E-state index contributed by atoms with van der Waals surface area (Å²) in [5, 5.41) is 14.9. The minimum Gasteiger partial charge on any atom is -0.480 e. The number of rotatable bonds is 11. The van der Waals surface area contributed by atoms with Crippen molar-refractivity contribution in [3.63, 3.8) is 0 Å². The SMILES string of the molecule is NC(=O)CC[C@H](NC(=O)[C@@H]1CC[C@@H]2c3ccccc3C[C@H](NC(=O)c3cc4cc(C(F)(F)OP=O)ccc4[nH]3)C(=O)N21)C(=O)O. The molecule has 1 aromatic heterocycles. The molecule has 1 saturated heterocycles. The average molecular weight is 644 g/mol. The molecule has 3 heterocycles. The van der Waals surface area contributed by atoms with Crippen molar-refractivity contribution in [2.24, 2.45) is 5.73 Å². The van der Waals surface area contributed by atoms with E-state index in [1.54, 1.807) is 12.1 Å². The third-order valence-corrected chi connectivity index (χ3v) is 8.33. The van der Waals surface area contributed by atoms with Gasteiger partial charge in [0.15, 0.2) is 0 Å². The maximum absolute atomic E-state index is 14.1. The number of carbonyl (C=O) groups is 5. The topological polar surface area (TPSA) is 201 Å². The molecule has 1 fully saturated rings. The monoisotopic (exact) mass is 643 g/mol. The number of carboxylic acid groups (broad SMARTS) is 1. The normalized spacial score (nSPS) is 20.3. The van der Waals surface area contributed by atoms with E-state index >= 15 is 0 Å². The fourth-order valence-corrected chi connectivity index (χ4v) is 6.11. The van der Waals surface area contributed by atoms with Gasteiger partial charge in [0.25, 0.3) is 5.91 Å². The number of hydrogen-bond donors (Lipinski definition) is 5. The largest absolute Gasteiger partial charge is 0.480 e. The van der Waals surface area contributed by atoms with Crippen LogP contribution in [0.2, 0.25) is 0 Å². The summed E-state index contributed by atoms with van der Waals surface area (Å²) in [5.41, 5.74) is 6.44. The zero-order valence-corrected chi connectivity index (χ0v) is 24.4. The van der Waals surface area contributed by atoms with E-state index < -0.39 is 74.1 Å². The maximum Gasteiger partial charge on any atom is 0.393 e. The van der Waals surface area contributed by atoms with Crippen LogP contribution in [0.1, 0.15) is 58.9 Å². The number of aromatic nitrogens is 1. The van der Waals surface area contributed by atoms with Gasteiger partial charge in [0.2, 0.25) is 17.7 Å². The number of amides is 4. The summed E-state index contributed by atoms with van der Waals surface area (Å²) in [6, 6.07) is 7.90. The van der Waals surface area contributed by atoms with Gasteiger partial charge in [-0.3, -0.25) is 19.2 Å². The summed E-state index contributed by atoms with van der Waals surface area (Å²) in [6.07, 6.45) is -3.59. The van der Waals surface area contributed by atoms with Crippen molar-refractivity contribution in [3.05, 3.63) is 70.9 Å². The molecule has 0 saturated carbocycles. The van der Waals surface area contributed by atoms with Crippen LogP contribution in [-0.4, -0.2) is 62.7 Å². The zero-order valence-electron chi connectivity index (χ0n) is 23.5. The minimum absolute atomic E-state index is 0.0234. The molecule has 2 aromatic carbocycles. The van der Waals surface area contributed by atoms with Gasteiger partial charge in [-0.1, -0.05) is 24.3 Å². The number of H-pyrrole nitrogens is 1. The number of primary amides is 1. The molecule has 16 heteroatoms. The molecule has 3 aromatic rings. The Labute approximate surface area is 255 Å². The molecule has 236 valence electrons. The van der Waals surface area contributed by atoms with Crippen LogP contribution < -0.4 is 16.4 Å². The third kappa shape index (κ3) is 6.54. The zero-order chi connectivity index (χ0) is 32.5. The van der Waals surface area contributed by atoms with Gasteiger partial charge in [0, 0.05) is 23.7 Å². The number of halogens is 2. The molecular weight excluding hydrogens is 615 g/mol. The highest BCUT2D eigenvalue weighted by molar-refractivity contribution is 7.17. The van der Waals surface area contributed by atoms with Gasteiger partial charge in [0.05, 0.1) is 11.6 Å². The predicted octanol–water partition coefficient (Wildman–Crippen LogP) is 2.66. The Kier molecular flexibility index (Phi) is 8.94. The van der Waals surface area contributed by atoms with Gasteiger partial charge < -0.3 is 31.4 Å². The summed E-state index contributed by atoms with van der Waals surface area (Å²) < 4.78 is 42.7. The summed E-state index contributed by atoms with van der Waals surface area (Å²) in [5.74, 6) is -4.06. The van der Waals surface area contributed by atoms with Gasteiger partial charge in [-0.25, -0.2) is 13.9 Å². The van der Waals surface area contributed by atoms with Crippen molar-refractivity contribution in [1.82, 2.24) is 20.5 Å². The molecule has 45 heavy (non-hydrogen) atoms. The van der Waals surface area contributed by atoms with Gasteiger partial charge in [-0.15, -0.1) is 0 Å². The molecule has 4 atom stereocenters. The molecule has 0 bridgehead atoms. The number of alkyl halides is 2. The highest BCUT2D eigenvalue weighted by Gasteiger charge is 2.47. The Morgan fingerprint density at radius 1 is 1.16 bits per heavy atom. The van der Waals surface area contributed by atoms with Gasteiger partial charge in [0.1, 0.15) is 23.8 Å². The van der Waals surface area contributed by atoms with Crippen LogP contribution in [0.25, 0.3) is 10.9 Å². The van der Waals surface area contributed by atoms with E-state index in [-0.39, 0.29) is 36.8 Å². The van der Waals surface area contributed by atoms with Crippen LogP contribution in [0.5, 0.6) is 0 Å². The Bertz CT molecular complexity index is 1700. The minimum atomic E-state index is -3.83. The maximum atomic E-state index is 14.1. The van der Waals surface area contributed by atoms with Crippen molar-refractivity contribution in [1.29, 1.82) is 0 Å². The number of nitrogens with one attached hydrogen (secondary N) is 3. The van der Waals surface area contributed by atoms with Crippen LogP contribution in [-0.2, 0) is 40.8 Å². The number of carboxylic acids is 1. The number of nitrogens with zero attached hydrogens (tertiary/aromatic N) is 1. The Morgan fingerprint density at radius 2 is 1.91 bits per heavy atom. The predicted molar refractivity (Wildman–Crippen MR) is 153 cm³/mol. The molecule has 13 nitrogen and oxygen atoms in total. The highest BCUT2D eigenvalue weighted by Crippen LogP contribution is 2.41. The number of carbonyl (C=O) groups excluding carboxylic acids is 4. The van der Waals surface area contributed by atoms with Crippen molar-refractivity contribution < 1.29 is 46.9 Å². The summed E-state index contributed by atoms with van der Waals surface area (Å²) >= 11 is 0. The molecule has 2 aliphatic rings. The second-order valence-electron chi connectivity index (χ2n) is 10.9. The molecule has 4 amide bonds. The van der Waals surface area contributed by atoms with E-state index in [4.69, 9.17) is 5.73 Å². The molecule has 0 unspecified atom stereocenters. The van der Waals surface area contributed by atoms with Gasteiger partial charge in [-0.05, 0) is 54.7 Å². The van der Waals surface area contributed by atoms with Crippen molar-refractivity contribution >= 4 is 49.2 Å². The summed E-state index contributed by atoms with van der Waals surface area (Å²) in [6.45, 7) is 0. The van der Waals surface area contributed by atoms with E-state index in [0.717, 1.165) is 23.3 Å². The number of aromatic amines is 1. The molecule has 0 spiro atoms. The quantitative estimate of drug-likeness (QED) is 0.196. The summed E-state index contributed by atoms with van der Waals surface area (Å²) in [7, 11) is -1.20. The van der Waals surface area contributed by atoms with Crippen molar-refractivity contribution in [3.8, 4) is 0 Å². The van der Waals surface area contributed by atoms with E-state index in [9.17, 15) is 42.4 Å². The Balaban J connectivity index is 1.40. The van der Waals surface area contributed by atoms with Gasteiger partial charge >= 0.3 is 20.8 Å². The number of hydrogen-bond acceptors (Lipinski definition) is 7. The fourth-order valence-electron chi connectivity index (χ4n) is 5.91. The lowest BCUT2D eigenvalue weighted by Crippen LogP contribution is -2.55. The molecular formula is C29H28F2N5O8P. The van der Waals surface area contributed by atoms with Crippen molar-refractivity contribution in [2.75, 3.05) is 0 Å². The molecule has 0 radical (unpaired) electrons. The van der Waals surface area contributed by atoms with Crippen LogP contribution in [0, 0.1) is 0 Å². The Morgan fingerprint density at radius 3 is 2.62 bits per heavy atom. The van der Waals surface area contributed by atoms with E-state index in [2.05, 4.69) is 20.1 Å². The number of fused-ring (bicyclic) bond motifs is 4. The van der Waals surface area contributed by atoms with E-state index in [1.807, 2.05) is 12.1 Å². The highest BCUT2D eigenvalue weighted by atomic mass is 31.1. The molecule has 6 N–H and O–H groups in total. The lowest BCUT2D eigenvalue weighted by molar-refractivity contribution is -0.178. The molecule has 2 aliphatic heterocycles. The van der Waals surface area contributed by atoms with Crippen LogP contribution in [0.4, 0.5) is 8.78 Å². The first-order valence-corrected chi connectivity index (χ1v) is 14.7. The van der Waals surface area contributed by atoms with Gasteiger partial charge in [-0.2, -0.15) is 8.78 Å². The fraction of sp³-hybridized carbons (Fsp3) is 0.345. The third-order valence-electron chi connectivity index (χ3n) is 8.03. The number of nitrogens with two attached hydrogens (primary N) is 1. The smallest absolute Gasteiger partial charge is 0.393 e. The average Bonchev–Trinajstić information content (AvgIpc) is 3.60. The van der Waals surface area contributed by atoms with E-state index in [1.165, 1.54) is 17.0 Å².